The van der Waals surface area contributed by atoms with Crippen LogP contribution in [0.4, 0.5) is 5.69 Å². The second-order valence-corrected chi connectivity index (χ2v) is 4.41. The molecule has 0 unspecified atom stereocenters. The average Bonchev–Trinajstić information content (AvgIpc) is 2.42. The molecule has 0 bridgehead atoms. The number of aromatic nitrogens is 2. The number of hydrogen-bond donors (Lipinski definition) is 2. The van der Waals surface area contributed by atoms with Crippen LogP contribution in [0.15, 0.2) is 4.79 Å². The Morgan fingerprint density at radius 3 is 2.67 bits per heavy atom. The topological polar surface area (TPSA) is 63.8 Å². The summed E-state index contributed by atoms with van der Waals surface area (Å²) in [6.45, 7) is 7.06. The Kier molecular flexibility index (Phi) is 4.00. The molecule has 0 amide bonds. The van der Waals surface area contributed by atoms with Gasteiger partial charge in [-0.2, -0.15) is 0 Å². The van der Waals surface area contributed by atoms with Gasteiger partial charge in [-0.15, -0.1) is 0 Å². The normalized spacial score (nSPS) is 11.2. The van der Waals surface area contributed by atoms with Gasteiger partial charge in [0.1, 0.15) is 5.69 Å². The third kappa shape index (κ3) is 2.88. The fraction of sp³-hybridized carbons (Fsp3) is 0.727. The van der Waals surface area contributed by atoms with Crippen LogP contribution in [0.1, 0.15) is 39.3 Å². The van der Waals surface area contributed by atoms with E-state index in [1.165, 1.54) is 0 Å². The van der Waals surface area contributed by atoms with Gasteiger partial charge in [0.05, 0.1) is 5.69 Å². The van der Waals surface area contributed by atoms with E-state index in [2.05, 4.69) is 25.9 Å². The van der Waals surface area contributed by atoms with Gasteiger partial charge >= 0.3 is 0 Å². The zero-order valence-electron chi connectivity index (χ0n) is 9.84. The van der Waals surface area contributed by atoms with E-state index in [0.717, 1.165) is 31.5 Å². The molecule has 1 heterocycles. The van der Waals surface area contributed by atoms with Gasteiger partial charge in [-0.05, 0) is 18.8 Å². The van der Waals surface area contributed by atoms with Gasteiger partial charge in [-0.1, -0.05) is 27.2 Å². The molecule has 0 radical (unpaired) electrons. The van der Waals surface area contributed by atoms with E-state index in [1.54, 1.807) is 4.68 Å². The van der Waals surface area contributed by atoms with E-state index in [9.17, 15) is 4.79 Å². The summed E-state index contributed by atoms with van der Waals surface area (Å²) in [5, 5.41) is 3.10. The molecule has 15 heavy (non-hydrogen) atoms. The number of nitrogens with two attached hydrogens (primary N) is 1. The second kappa shape index (κ2) is 5.05. The first-order valence-electron chi connectivity index (χ1n) is 5.63. The summed E-state index contributed by atoms with van der Waals surface area (Å²) in [7, 11) is 0. The summed E-state index contributed by atoms with van der Waals surface area (Å²) in [5.41, 5.74) is 6.96. The highest BCUT2D eigenvalue weighted by atomic mass is 16.1. The predicted molar refractivity (Wildman–Crippen MR) is 62.9 cm³/mol. The minimum atomic E-state index is -0.0703. The zero-order chi connectivity index (χ0) is 11.4. The predicted octanol–water partition coefficient (Wildman–Crippen LogP) is 1.76. The largest absolute Gasteiger partial charge is 0.393 e. The van der Waals surface area contributed by atoms with Crippen molar-refractivity contribution in [1.82, 2.24) is 9.78 Å². The summed E-state index contributed by atoms with van der Waals surface area (Å²) >= 11 is 0. The Morgan fingerprint density at radius 1 is 1.47 bits per heavy atom. The average molecular weight is 211 g/mol. The van der Waals surface area contributed by atoms with Crippen LogP contribution < -0.4 is 11.3 Å². The quantitative estimate of drug-likeness (QED) is 0.779. The maximum Gasteiger partial charge on any atom is 0.289 e. The highest BCUT2D eigenvalue weighted by Gasteiger charge is 2.11. The van der Waals surface area contributed by atoms with Crippen LogP contribution in [0.3, 0.4) is 0 Å². The molecule has 0 saturated carbocycles. The van der Waals surface area contributed by atoms with Crippen molar-refractivity contribution in [3.05, 3.63) is 16.0 Å². The molecular formula is C11H21N3O. The van der Waals surface area contributed by atoms with Crippen molar-refractivity contribution >= 4 is 5.69 Å². The summed E-state index contributed by atoms with van der Waals surface area (Å²) < 4.78 is 1.62. The Balaban J connectivity index is 2.86. The lowest BCUT2D eigenvalue weighted by atomic mass is 10.1. The summed E-state index contributed by atoms with van der Waals surface area (Å²) in [6.07, 6.45) is 2.91. The fourth-order valence-electron chi connectivity index (χ4n) is 1.59. The number of nitrogens with zero attached hydrogens (tertiary/aromatic N) is 1. The van der Waals surface area contributed by atoms with Gasteiger partial charge in [-0.3, -0.25) is 14.6 Å². The van der Waals surface area contributed by atoms with E-state index in [4.69, 9.17) is 5.73 Å². The molecule has 0 saturated heterocycles. The first kappa shape index (κ1) is 11.9. The van der Waals surface area contributed by atoms with Gasteiger partial charge < -0.3 is 5.73 Å². The van der Waals surface area contributed by atoms with E-state index in [-0.39, 0.29) is 5.56 Å². The van der Waals surface area contributed by atoms with E-state index < -0.39 is 0 Å². The molecule has 3 N–H and O–H groups in total. The fourth-order valence-corrected chi connectivity index (χ4v) is 1.59. The van der Waals surface area contributed by atoms with Crippen molar-refractivity contribution in [2.45, 2.75) is 46.6 Å². The molecule has 4 heteroatoms. The molecule has 86 valence electrons. The molecule has 1 aromatic heterocycles. The molecule has 0 atom stereocenters. The van der Waals surface area contributed by atoms with Crippen molar-refractivity contribution in [2.75, 3.05) is 5.73 Å². The van der Waals surface area contributed by atoms with Crippen LogP contribution in [0, 0.1) is 5.92 Å². The van der Waals surface area contributed by atoms with Crippen molar-refractivity contribution in [2.24, 2.45) is 5.92 Å². The molecule has 0 aliphatic carbocycles. The standard InChI is InChI=1S/C11H21N3O/c1-4-5-6-14-11(15)10(12)9(13-14)7-8(2)3/h8,13H,4-7,12H2,1-3H3. The maximum absolute atomic E-state index is 11.7. The van der Waals surface area contributed by atoms with Crippen molar-refractivity contribution < 1.29 is 0 Å². The van der Waals surface area contributed by atoms with Gasteiger partial charge in [-0.25, -0.2) is 0 Å². The van der Waals surface area contributed by atoms with E-state index in [1.807, 2.05) is 0 Å². The maximum atomic E-state index is 11.7. The van der Waals surface area contributed by atoms with Crippen LogP contribution in [-0.2, 0) is 13.0 Å². The number of unbranched alkanes of at least 4 members (excludes halogenated alkanes) is 1. The Bertz CT molecular complexity index is 362. The lowest BCUT2D eigenvalue weighted by molar-refractivity contribution is 0.542. The van der Waals surface area contributed by atoms with Crippen LogP contribution in [0.2, 0.25) is 0 Å². The smallest absolute Gasteiger partial charge is 0.289 e. The Labute approximate surface area is 90.5 Å². The minimum Gasteiger partial charge on any atom is -0.393 e. The molecule has 0 aliphatic heterocycles. The number of nitrogens with one attached hydrogen (secondary N) is 1. The van der Waals surface area contributed by atoms with E-state index >= 15 is 0 Å². The Hall–Kier alpha value is -1.19. The Morgan fingerprint density at radius 2 is 2.13 bits per heavy atom. The summed E-state index contributed by atoms with van der Waals surface area (Å²) in [6, 6.07) is 0. The van der Waals surface area contributed by atoms with Crippen molar-refractivity contribution in [3.63, 3.8) is 0 Å². The monoisotopic (exact) mass is 211 g/mol. The van der Waals surface area contributed by atoms with Gasteiger partial charge in [0.25, 0.3) is 5.56 Å². The highest BCUT2D eigenvalue weighted by Crippen LogP contribution is 2.10. The number of H-pyrrole nitrogens is 1. The number of aryl methyl sites for hydroxylation is 1. The zero-order valence-corrected chi connectivity index (χ0v) is 9.84. The molecule has 0 aromatic carbocycles. The molecule has 0 aliphatic rings. The highest BCUT2D eigenvalue weighted by molar-refractivity contribution is 5.40. The first-order chi connectivity index (χ1) is 7.06. The molecule has 0 fully saturated rings. The second-order valence-electron chi connectivity index (χ2n) is 4.41. The molecule has 1 rings (SSSR count). The van der Waals surface area contributed by atoms with Crippen LogP contribution in [-0.4, -0.2) is 9.78 Å². The number of hydrogen-bond acceptors (Lipinski definition) is 2. The molecule has 1 aromatic rings. The molecule has 0 spiro atoms. The number of nitrogen functional groups attached to an aromatic ring is 1. The van der Waals surface area contributed by atoms with E-state index in [0.29, 0.717) is 11.6 Å². The van der Waals surface area contributed by atoms with Crippen LogP contribution >= 0.6 is 0 Å². The van der Waals surface area contributed by atoms with Crippen LogP contribution in [0.25, 0.3) is 0 Å². The van der Waals surface area contributed by atoms with Crippen molar-refractivity contribution in [3.8, 4) is 0 Å². The number of anilines is 1. The van der Waals surface area contributed by atoms with Crippen LogP contribution in [0.5, 0.6) is 0 Å². The number of rotatable bonds is 5. The SMILES string of the molecule is CCCCn1[nH]c(CC(C)C)c(N)c1=O. The third-order valence-electron chi connectivity index (χ3n) is 2.42. The lowest BCUT2D eigenvalue weighted by Crippen LogP contribution is -2.18. The minimum absolute atomic E-state index is 0.0703. The van der Waals surface area contributed by atoms with Crippen molar-refractivity contribution in [1.29, 1.82) is 0 Å². The first-order valence-corrected chi connectivity index (χ1v) is 5.63. The third-order valence-corrected chi connectivity index (χ3v) is 2.42. The molecule has 4 nitrogen and oxygen atoms in total. The summed E-state index contributed by atoms with van der Waals surface area (Å²) in [4.78, 5) is 11.7. The molecular weight excluding hydrogens is 190 g/mol. The van der Waals surface area contributed by atoms with Gasteiger partial charge in [0, 0.05) is 6.54 Å². The summed E-state index contributed by atoms with van der Waals surface area (Å²) in [5.74, 6) is 0.505. The lowest BCUT2D eigenvalue weighted by Gasteiger charge is -2.02. The van der Waals surface area contributed by atoms with Gasteiger partial charge in [0.2, 0.25) is 0 Å². The number of aromatic amines is 1. The van der Waals surface area contributed by atoms with Gasteiger partial charge in [0.15, 0.2) is 0 Å².